The summed E-state index contributed by atoms with van der Waals surface area (Å²) in [7, 11) is 1.60. The van der Waals surface area contributed by atoms with E-state index in [1.54, 1.807) is 14.0 Å². The number of nitrogens with zero attached hydrogens (tertiary/aromatic N) is 2. The molecule has 0 aliphatic carbocycles. The summed E-state index contributed by atoms with van der Waals surface area (Å²) in [5, 5.41) is 5.62. The van der Waals surface area contributed by atoms with Crippen molar-refractivity contribution in [3.05, 3.63) is 11.9 Å². The molecule has 17 heavy (non-hydrogen) atoms. The van der Waals surface area contributed by atoms with Crippen molar-refractivity contribution in [2.45, 2.75) is 32.7 Å². The average molecular weight is 237 g/mol. The minimum atomic E-state index is -0.357. The van der Waals surface area contributed by atoms with Crippen LogP contribution >= 0.6 is 0 Å². The highest BCUT2D eigenvalue weighted by Gasteiger charge is 2.15. The number of nitrogens with one attached hydrogen (secondary N) is 2. The van der Waals surface area contributed by atoms with Gasteiger partial charge in [0, 0.05) is 12.6 Å². The first-order chi connectivity index (χ1) is 8.10. The Morgan fingerprint density at radius 3 is 2.82 bits per heavy atom. The molecular weight excluding hydrogens is 218 g/mol. The summed E-state index contributed by atoms with van der Waals surface area (Å²) < 4.78 is 0. The monoisotopic (exact) mass is 237 g/mol. The number of nitrogen functional groups attached to an aromatic ring is 1. The first kappa shape index (κ1) is 13.2. The second kappa shape index (κ2) is 6.03. The Morgan fingerprint density at radius 1 is 1.53 bits per heavy atom. The Labute approximate surface area is 101 Å². The molecule has 1 atom stereocenters. The molecule has 0 spiro atoms. The molecule has 0 radical (unpaired) electrons. The topological polar surface area (TPSA) is 92.9 Å². The van der Waals surface area contributed by atoms with Gasteiger partial charge >= 0.3 is 0 Å². The molecule has 0 fully saturated rings. The molecule has 94 valence electrons. The summed E-state index contributed by atoms with van der Waals surface area (Å²) in [5.41, 5.74) is 6.67. The Bertz CT molecular complexity index is 393. The van der Waals surface area contributed by atoms with Gasteiger partial charge in [-0.3, -0.25) is 4.79 Å². The summed E-state index contributed by atoms with van der Waals surface area (Å²) in [6.07, 6.45) is 3.13. The third-order valence-electron chi connectivity index (χ3n) is 2.47. The van der Waals surface area contributed by atoms with Crippen LogP contribution in [0.25, 0.3) is 0 Å². The molecule has 1 heterocycles. The van der Waals surface area contributed by atoms with E-state index in [1.807, 2.05) is 0 Å². The average Bonchev–Trinajstić information content (AvgIpc) is 2.32. The number of anilines is 2. The lowest BCUT2D eigenvalue weighted by Crippen LogP contribution is -2.35. The molecule has 0 aliphatic heterocycles. The van der Waals surface area contributed by atoms with Crippen molar-refractivity contribution in [1.82, 2.24) is 15.3 Å². The van der Waals surface area contributed by atoms with Gasteiger partial charge in [0.25, 0.3) is 0 Å². The van der Waals surface area contributed by atoms with Crippen molar-refractivity contribution in [3.63, 3.8) is 0 Å². The van der Waals surface area contributed by atoms with Crippen molar-refractivity contribution in [2.24, 2.45) is 0 Å². The fourth-order valence-electron chi connectivity index (χ4n) is 1.53. The first-order valence-corrected chi connectivity index (χ1v) is 5.67. The van der Waals surface area contributed by atoms with Gasteiger partial charge in [0.1, 0.15) is 24.0 Å². The predicted molar refractivity (Wildman–Crippen MR) is 67.6 cm³/mol. The maximum Gasteiger partial charge on any atom is 0.241 e. The Kier molecular flexibility index (Phi) is 4.68. The molecule has 0 aromatic carbocycles. The quantitative estimate of drug-likeness (QED) is 0.695. The van der Waals surface area contributed by atoms with Crippen molar-refractivity contribution in [3.8, 4) is 0 Å². The number of amides is 1. The number of aromatic nitrogens is 2. The van der Waals surface area contributed by atoms with E-state index in [0.717, 1.165) is 18.4 Å². The zero-order valence-electron chi connectivity index (χ0n) is 10.4. The number of hydrogen-bond acceptors (Lipinski definition) is 5. The van der Waals surface area contributed by atoms with Gasteiger partial charge in [-0.25, -0.2) is 9.97 Å². The van der Waals surface area contributed by atoms with Crippen LogP contribution in [0.2, 0.25) is 0 Å². The number of rotatable bonds is 5. The van der Waals surface area contributed by atoms with Gasteiger partial charge in [-0.15, -0.1) is 0 Å². The zero-order valence-corrected chi connectivity index (χ0v) is 10.4. The second-order valence-electron chi connectivity index (χ2n) is 3.82. The van der Waals surface area contributed by atoms with Crippen LogP contribution < -0.4 is 16.4 Å². The Balaban J connectivity index is 2.90. The molecule has 4 N–H and O–H groups in total. The van der Waals surface area contributed by atoms with Crippen LogP contribution in [0.4, 0.5) is 11.6 Å². The van der Waals surface area contributed by atoms with Crippen molar-refractivity contribution < 1.29 is 4.79 Å². The van der Waals surface area contributed by atoms with E-state index in [0.29, 0.717) is 11.6 Å². The largest absolute Gasteiger partial charge is 0.383 e. The van der Waals surface area contributed by atoms with Gasteiger partial charge in [-0.05, 0) is 13.3 Å². The van der Waals surface area contributed by atoms with Gasteiger partial charge in [-0.2, -0.15) is 0 Å². The van der Waals surface area contributed by atoms with E-state index in [2.05, 4.69) is 27.5 Å². The maximum absolute atomic E-state index is 11.4. The molecular formula is C11H19N5O. The molecule has 6 nitrogen and oxygen atoms in total. The van der Waals surface area contributed by atoms with E-state index >= 15 is 0 Å². The van der Waals surface area contributed by atoms with E-state index in [-0.39, 0.29) is 11.9 Å². The van der Waals surface area contributed by atoms with Gasteiger partial charge in [-0.1, -0.05) is 13.3 Å². The number of likely N-dealkylation sites (N-methyl/N-ethyl adjacent to an activating group) is 1. The summed E-state index contributed by atoms with van der Waals surface area (Å²) in [6, 6.07) is -0.357. The minimum absolute atomic E-state index is 0.0929. The van der Waals surface area contributed by atoms with Gasteiger partial charge in [0.05, 0.1) is 0 Å². The molecule has 1 amide bonds. The number of carbonyl (C=O) groups is 1. The lowest BCUT2D eigenvalue weighted by Gasteiger charge is -2.16. The van der Waals surface area contributed by atoms with Crippen molar-refractivity contribution in [2.75, 3.05) is 18.1 Å². The van der Waals surface area contributed by atoms with Crippen LogP contribution in [0.15, 0.2) is 6.33 Å². The zero-order chi connectivity index (χ0) is 12.8. The smallest absolute Gasteiger partial charge is 0.241 e. The number of nitrogens with two attached hydrogens (primary N) is 1. The number of carbonyl (C=O) groups excluding carboxylic acids is 1. The first-order valence-electron chi connectivity index (χ1n) is 5.67. The third-order valence-corrected chi connectivity index (χ3v) is 2.47. The molecule has 0 saturated carbocycles. The minimum Gasteiger partial charge on any atom is -0.383 e. The van der Waals surface area contributed by atoms with E-state index in [4.69, 9.17) is 5.73 Å². The summed E-state index contributed by atoms with van der Waals surface area (Å²) >= 11 is 0. The van der Waals surface area contributed by atoms with Crippen LogP contribution in [-0.4, -0.2) is 29.0 Å². The van der Waals surface area contributed by atoms with Crippen LogP contribution in [0.3, 0.4) is 0 Å². The lowest BCUT2D eigenvalue weighted by molar-refractivity contribution is -0.121. The maximum atomic E-state index is 11.4. The summed E-state index contributed by atoms with van der Waals surface area (Å²) in [4.78, 5) is 19.5. The van der Waals surface area contributed by atoms with Crippen molar-refractivity contribution in [1.29, 1.82) is 0 Å². The molecule has 1 unspecified atom stereocenters. The fraction of sp³-hybridized carbons (Fsp3) is 0.545. The van der Waals surface area contributed by atoms with Crippen LogP contribution in [0.1, 0.15) is 25.8 Å². The third kappa shape index (κ3) is 3.30. The highest BCUT2D eigenvalue weighted by Crippen LogP contribution is 2.19. The molecule has 1 aromatic rings. The highest BCUT2D eigenvalue weighted by atomic mass is 16.2. The van der Waals surface area contributed by atoms with Gasteiger partial charge < -0.3 is 16.4 Å². The standard InChI is InChI=1S/C11H19N5O/c1-4-5-8-9(12)14-6-15-10(8)16-7(2)11(17)13-3/h6-7H,4-5H2,1-3H3,(H,13,17)(H3,12,14,15,16). The van der Waals surface area contributed by atoms with E-state index < -0.39 is 0 Å². The highest BCUT2D eigenvalue weighted by molar-refractivity contribution is 5.83. The molecule has 1 aromatic heterocycles. The molecule has 0 aliphatic rings. The molecule has 0 saturated heterocycles. The van der Waals surface area contributed by atoms with Gasteiger partial charge in [0.2, 0.25) is 5.91 Å². The van der Waals surface area contributed by atoms with Crippen LogP contribution in [0, 0.1) is 0 Å². The SMILES string of the molecule is CCCc1c(N)ncnc1NC(C)C(=O)NC. The Hall–Kier alpha value is -1.85. The number of hydrogen-bond donors (Lipinski definition) is 3. The van der Waals surface area contributed by atoms with Crippen LogP contribution in [0.5, 0.6) is 0 Å². The van der Waals surface area contributed by atoms with E-state index in [1.165, 1.54) is 6.33 Å². The van der Waals surface area contributed by atoms with Crippen LogP contribution in [-0.2, 0) is 11.2 Å². The van der Waals surface area contributed by atoms with Crippen molar-refractivity contribution >= 4 is 17.5 Å². The lowest BCUT2D eigenvalue weighted by atomic mass is 10.1. The molecule has 0 bridgehead atoms. The summed E-state index contributed by atoms with van der Waals surface area (Å²) in [6.45, 7) is 3.82. The summed E-state index contributed by atoms with van der Waals surface area (Å²) in [5.74, 6) is 1.01. The predicted octanol–water partition coefficient (Wildman–Crippen LogP) is 0.558. The molecule has 6 heteroatoms. The fourth-order valence-corrected chi connectivity index (χ4v) is 1.53. The van der Waals surface area contributed by atoms with Gasteiger partial charge in [0.15, 0.2) is 0 Å². The second-order valence-corrected chi connectivity index (χ2v) is 3.82. The Morgan fingerprint density at radius 2 is 2.24 bits per heavy atom. The normalized spacial score (nSPS) is 11.9. The molecule has 1 rings (SSSR count). The van der Waals surface area contributed by atoms with E-state index in [9.17, 15) is 4.79 Å².